The van der Waals surface area contributed by atoms with Crippen molar-refractivity contribution in [2.45, 2.75) is 19.8 Å². The quantitative estimate of drug-likeness (QED) is 0.474. The summed E-state index contributed by atoms with van der Waals surface area (Å²) in [6.07, 6.45) is 2.60. The fourth-order valence-electron chi connectivity index (χ4n) is 3.90. The Morgan fingerprint density at radius 2 is 2.12 bits per heavy atom. The first-order chi connectivity index (χ1) is 16.5. The van der Waals surface area contributed by atoms with Crippen molar-refractivity contribution < 1.29 is 18.0 Å². The predicted molar refractivity (Wildman–Crippen MR) is 116 cm³/mol. The average molecular weight is 462 g/mol. The molecule has 172 valence electrons. The first-order valence-electron chi connectivity index (χ1n) is 10.6. The van der Waals surface area contributed by atoms with E-state index in [0.717, 1.165) is 0 Å². The van der Waals surface area contributed by atoms with Crippen LogP contribution in [0, 0.1) is 30.0 Å². The summed E-state index contributed by atoms with van der Waals surface area (Å²) in [4.78, 5) is 19.0. The molecule has 1 saturated heterocycles. The van der Waals surface area contributed by atoms with Gasteiger partial charge < -0.3 is 19.1 Å². The lowest BCUT2D eigenvalue weighted by Crippen LogP contribution is -2.38. The number of carbonyl (C=O) groups is 1. The van der Waals surface area contributed by atoms with Gasteiger partial charge in [0.25, 0.3) is 5.89 Å². The molecule has 0 radical (unpaired) electrons. The molecular formula is C22H19FN8O3. The number of halogens is 1. The molecule has 3 aromatic heterocycles. The highest BCUT2D eigenvalue weighted by atomic mass is 19.1. The Kier molecular flexibility index (Phi) is 5.51. The molecule has 1 aliphatic rings. The van der Waals surface area contributed by atoms with Crippen molar-refractivity contribution in [2.24, 2.45) is 5.92 Å². The molecule has 12 heteroatoms. The second-order valence-electron chi connectivity index (χ2n) is 7.82. The molecule has 4 aromatic rings. The van der Waals surface area contributed by atoms with Gasteiger partial charge in [0.15, 0.2) is 11.6 Å². The number of furan rings is 1. The van der Waals surface area contributed by atoms with E-state index in [2.05, 4.69) is 31.9 Å². The van der Waals surface area contributed by atoms with E-state index in [1.807, 2.05) is 4.90 Å². The van der Waals surface area contributed by atoms with E-state index in [4.69, 9.17) is 8.83 Å². The summed E-state index contributed by atoms with van der Waals surface area (Å²) in [5.74, 6) is 0.546. The monoisotopic (exact) mass is 462 g/mol. The molecule has 0 unspecified atom stereocenters. The van der Waals surface area contributed by atoms with Gasteiger partial charge in [-0.25, -0.2) is 4.39 Å². The van der Waals surface area contributed by atoms with Crippen LogP contribution in [0.15, 0.2) is 45.4 Å². The van der Waals surface area contributed by atoms with Crippen LogP contribution in [0.5, 0.6) is 0 Å². The fourth-order valence-corrected chi connectivity index (χ4v) is 3.90. The third-order valence-corrected chi connectivity index (χ3v) is 5.67. The second kappa shape index (κ2) is 8.78. The van der Waals surface area contributed by atoms with Crippen molar-refractivity contribution in [1.29, 1.82) is 5.26 Å². The van der Waals surface area contributed by atoms with Gasteiger partial charge in [-0.05, 0) is 60.5 Å². The minimum Gasteiger partial charge on any atom is -0.459 e. The molecule has 1 aliphatic heterocycles. The number of nitriles is 1. The summed E-state index contributed by atoms with van der Waals surface area (Å²) in [6.45, 7) is 2.68. The average Bonchev–Trinajstić information content (AvgIpc) is 3.61. The van der Waals surface area contributed by atoms with E-state index in [9.17, 15) is 14.4 Å². The third-order valence-electron chi connectivity index (χ3n) is 5.67. The Morgan fingerprint density at radius 1 is 1.29 bits per heavy atom. The Morgan fingerprint density at radius 3 is 2.79 bits per heavy atom. The fraction of sp³-hybridized carbons (Fsp3) is 0.273. The maximum absolute atomic E-state index is 14.3. The van der Waals surface area contributed by atoms with Crippen molar-refractivity contribution in [1.82, 2.24) is 25.2 Å². The molecule has 34 heavy (non-hydrogen) atoms. The highest BCUT2D eigenvalue weighted by Crippen LogP contribution is 2.31. The number of hydrogen-bond donors (Lipinski definition) is 1. The van der Waals surface area contributed by atoms with E-state index in [1.165, 1.54) is 29.1 Å². The molecule has 5 rings (SSSR count). The number of aryl methyl sites for hydroxylation is 1. The number of rotatable bonds is 5. The highest BCUT2D eigenvalue weighted by molar-refractivity contribution is 5.93. The molecular weight excluding hydrogens is 443 g/mol. The number of carbonyl (C=O) groups excluding carboxylic acids is 1. The van der Waals surface area contributed by atoms with Crippen LogP contribution >= 0.6 is 0 Å². The van der Waals surface area contributed by atoms with Gasteiger partial charge in [0.2, 0.25) is 17.5 Å². The Labute approximate surface area is 192 Å². The normalized spacial score (nSPS) is 14.2. The lowest BCUT2D eigenvalue weighted by atomic mass is 9.95. The van der Waals surface area contributed by atoms with Crippen molar-refractivity contribution in [3.05, 3.63) is 53.9 Å². The van der Waals surface area contributed by atoms with Crippen LogP contribution < -0.4 is 10.2 Å². The van der Waals surface area contributed by atoms with Crippen LogP contribution in [0.4, 0.5) is 16.0 Å². The molecule has 4 heterocycles. The van der Waals surface area contributed by atoms with E-state index in [0.29, 0.717) is 49.1 Å². The van der Waals surface area contributed by atoms with E-state index in [-0.39, 0.29) is 29.1 Å². The highest BCUT2D eigenvalue weighted by Gasteiger charge is 2.29. The van der Waals surface area contributed by atoms with Crippen LogP contribution in [-0.2, 0) is 4.79 Å². The number of piperidine rings is 1. The second-order valence-corrected chi connectivity index (χ2v) is 7.82. The number of oxazole rings is 1. The zero-order chi connectivity index (χ0) is 23.7. The summed E-state index contributed by atoms with van der Waals surface area (Å²) in [7, 11) is 0. The van der Waals surface area contributed by atoms with Crippen LogP contribution in [0.3, 0.4) is 0 Å². The van der Waals surface area contributed by atoms with Gasteiger partial charge in [-0.1, -0.05) is 0 Å². The molecule has 1 aromatic carbocycles. The molecule has 11 nitrogen and oxygen atoms in total. The molecule has 0 saturated carbocycles. The molecule has 0 bridgehead atoms. The van der Waals surface area contributed by atoms with Crippen LogP contribution in [-0.4, -0.2) is 44.2 Å². The Hall–Kier alpha value is -4.53. The number of nitrogens with zero attached hydrogens (tertiary/aromatic N) is 7. The summed E-state index contributed by atoms with van der Waals surface area (Å²) < 4.78 is 26.6. The van der Waals surface area contributed by atoms with Gasteiger partial charge in [0.05, 0.1) is 6.26 Å². The first-order valence-corrected chi connectivity index (χ1v) is 10.6. The number of hydrogen-bond acceptors (Lipinski definition) is 9. The van der Waals surface area contributed by atoms with E-state index < -0.39 is 5.82 Å². The zero-order valence-corrected chi connectivity index (χ0v) is 18.1. The number of anilines is 2. The molecule has 1 N–H and O–H groups in total. The SMILES string of the molecule is Cc1nnnn1-c1cc(NC(=O)C2CCN(c3oc(-c4ccco4)nc3C#N)CC2)ccc1F. The molecule has 0 aliphatic carbocycles. The Balaban J connectivity index is 1.25. The number of amides is 1. The van der Waals surface area contributed by atoms with Gasteiger partial charge >= 0.3 is 0 Å². The van der Waals surface area contributed by atoms with Gasteiger partial charge in [-0.15, -0.1) is 5.10 Å². The molecule has 1 fully saturated rings. The van der Waals surface area contributed by atoms with Gasteiger partial charge in [-0.2, -0.15) is 14.9 Å². The van der Waals surface area contributed by atoms with Crippen LogP contribution in [0.2, 0.25) is 0 Å². The topological polar surface area (TPSA) is 139 Å². The zero-order valence-electron chi connectivity index (χ0n) is 18.1. The standard InChI is InChI=1S/C22H19FN8O3/c1-13-27-28-29-31(13)18-11-15(4-5-16(18)23)25-20(32)14-6-8-30(9-7-14)22-17(12-24)26-21(34-22)19-3-2-10-33-19/h2-5,10-11,14H,6-9H2,1H3,(H,25,32). The van der Waals surface area contributed by atoms with Crippen molar-refractivity contribution in [3.63, 3.8) is 0 Å². The van der Waals surface area contributed by atoms with Crippen molar-refractivity contribution >= 4 is 17.5 Å². The summed E-state index contributed by atoms with van der Waals surface area (Å²) in [5, 5.41) is 23.4. The smallest absolute Gasteiger partial charge is 0.266 e. The minimum absolute atomic E-state index is 0.150. The van der Waals surface area contributed by atoms with E-state index in [1.54, 1.807) is 19.1 Å². The number of nitrogens with one attached hydrogen (secondary N) is 1. The van der Waals surface area contributed by atoms with Crippen LogP contribution in [0.25, 0.3) is 17.3 Å². The van der Waals surface area contributed by atoms with E-state index >= 15 is 0 Å². The largest absolute Gasteiger partial charge is 0.459 e. The van der Waals surface area contributed by atoms with Crippen molar-refractivity contribution in [2.75, 3.05) is 23.3 Å². The summed E-state index contributed by atoms with van der Waals surface area (Å²) in [6, 6.07) is 9.72. The lowest BCUT2D eigenvalue weighted by molar-refractivity contribution is -0.120. The number of tetrazole rings is 1. The van der Waals surface area contributed by atoms with Gasteiger partial charge in [-0.3, -0.25) is 4.79 Å². The van der Waals surface area contributed by atoms with Crippen molar-refractivity contribution in [3.8, 4) is 23.4 Å². The number of aromatic nitrogens is 5. The lowest BCUT2D eigenvalue weighted by Gasteiger charge is -2.31. The maximum atomic E-state index is 14.3. The summed E-state index contributed by atoms with van der Waals surface area (Å²) in [5.41, 5.74) is 0.770. The summed E-state index contributed by atoms with van der Waals surface area (Å²) >= 11 is 0. The molecule has 1 amide bonds. The van der Waals surface area contributed by atoms with Gasteiger partial charge in [0.1, 0.15) is 17.6 Å². The predicted octanol–water partition coefficient (Wildman–Crippen LogP) is 3.08. The number of benzene rings is 1. The van der Waals surface area contributed by atoms with Gasteiger partial charge in [0, 0.05) is 24.7 Å². The Bertz CT molecular complexity index is 1360. The molecule has 0 spiro atoms. The first kappa shape index (κ1) is 21.3. The van der Waals surface area contributed by atoms with Crippen LogP contribution in [0.1, 0.15) is 24.4 Å². The third kappa shape index (κ3) is 3.99. The minimum atomic E-state index is -0.504. The maximum Gasteiger partial charge on any atom is 0.266 e. The molecule has 0 atom stereocenters.